The van der Waals surface area contributed by atoms with Gasteiger partial charge in [-0.1, -0.05) is 6.07 Å². The van der Waals surface area contributed by atoms with Crippen molar-refractivity contribution in [1.82, 2.24) is 0 Å². The molecule has 0 aliphatic rings. The maximum Gasteiger partial charge on any atom is 0.311 e. The van der Waals surface area contributed by atoms with E-state index in [4.69, 9.17) is 4.74 Å². The molecule has 0 aromatic heterocycles. The van der Waals surface area contributed by atoms with Gasteiger partial charge in [0.15, 0.2) is 0 Å². The summed E-state index contributed by atoms with van der Waals surface area (Å²) >= 11 is 3.02. The zero-order valence-electron chi connectivity index (χ0n) is 10.9. The molecule has 0 aliphatic heterocycles. The second-order valence-corrected chi connectivity index (χ2v) is 5.19. The van der Waals surface area contributed by atoms with Gasteiger partial charge in [-0.25, -0.2) is 4.39 Å². The molecule has 0 saturated heterocycles. The normalized spacial score (nSPS) is 12.0. The molecular weight excluding hydrogens is 345 g/mol. The molecule has 0 bridgehead atoms. The number of nitro benzene ring substituents is 1. The van der Waals surface area contributed by atoms with Gasteiger partial charge in [-0.2, -0.15) is 0 Å². The minimum absolute atomic E-state index is 0.0166. The van der Waals surface area contributed by atoms with E-state index in [0.717, 1.165) is 0 Å². The fourth-order valence-corrected chi connectivity index (χ4v) is 2.05. The molecule has 21 heavy (non-hydrogen) atoms. The Bertz CT molecular complexity index is 691. The molecule has 2 aromatic rings. The highest BCUT2D eigenvalue weighted by Crippen LogP contribution is 2.34. The number of nitrogens with zero attached hydrogens (tertiary/aromatic N) is 1. The van der Waals surface area contributed by atoms with E-state index >= 15 is 0 Å². The highest BCUT2D eigenvalue weighted by atomic mass is 79.9. The molecule has 0 unspecified atom stereocenters. The summed E-state index contributed by atoms with van der Waals surface area (Å²) in [6, 6.07) is 8.12. The Morgan fingerprint density at radius 3 is 2.62 bits per heavy atom. The van der Waals surface area contributed by atoms with Gasteiger partial charge in [-0.05, 0) is 52.7 Å². The average molecular weight is 356 g/mol. The number of hydrogen-bond acceptors (Lipinski definition) is 4. The van der Waals surface area contributed by atoms with Crippen molar-refractivity contribution in [3.05, 3.63) is 62.4 Å². The van der Waals surface area contributed by atoms with Gasteiger partial charge in [-0.3, -0.25) is 10.1 Å². The van der Waals surface area contributed by atoms with E-state index < -0.39 is 16.8 Å². The molecule has 1 atom stereocenters. The van der Waals surface area contributed by atoms with E-state index in [2.05, 4.69) is 15.9 Å². The summed E-state index contributed by atoms with van der Waals surface area (Å²) in [5, 5.41) is 20.5. The smallest absolute Gasteiger partial charge is 0.311 e. The Balaban J connectivity index is 2.39. The summed E-state index contributed by atoms with van der Waals surface area (Å²) in [7, 11) is 0. The number of nitro groups is 1. The first-order valence-electron chi connectivity index (χ1n) is 5.98. The molecule has 0 radical (unpaired) electrons. The van der Waals surface area contributed by atoms with Crippen LogP contribution in [0.25, 0.3) is 0 Å². The largest absolute Gasteiger partial charge is 0.450 e. The molecule has 0 saturated carbocycles. The van der Waals surface area contributed by atoms with Crippen LogP contribution in [0.15, 0.2) is 40.9 Å². The molecule has 0 heterocycles. The maximum absolute atomic E-state index is 13.1. The van der Waals surface area contributed by atoms with E-state index in [1.807, 2.05) is 0 Å². The lowest BCUT2D eigenvalue weighted by Crippen LogP contribution is -1.97. The lowest BCUT2D eigenvalue weighted by Gasteiger charge is -2.09. The monoisotopic (exact) mass is 355 g/mol. The van der Waals surface area contributed by atoms with Gasteiger partial charge >= 0.3 is 5.69 Å². The molecule has 110 valence electrons. The van der Waals surface area contributed by atoms with Crippen LogP contribution in [0.2, 0.25) is 0 Å². The summed E-state index contributed by atoms with van der Waals surface area (Å²) in [6.07, 6.45) is -0.822. The SMILES string of the molecule is C[C@@H](O)c1ccc(Oc2ccc(F)c(Br)c2)c([N+](=O)[O-])c1. The van der Waals surface area contributed by atoms with Crippen LogP contribution in [-0.2, 0) is 0 Å². The highest BCUT2D eigenvalue weighted by molar-refractivity contribution is 9.10. The van der Waals surface area contributed by atoms with Gasteiger partial charge < -0.3 is 9.84 Å². The number of rotatable bonds is 4. The first-order chi connectivity index (χ1) is 9.88. The van der Waals surface area contributed by atoms with Crippen molar-refractivity contribution in [1.29, 1.82) is 0 Å². The molecule has 0 spiro atoms. The van der Waals surface area contributed by atoms with Gasteiger partial charge in [0, 0.05) is 6.07 Å². The van der Waals surface area contributed by atoms with Crippen LogP contribution in [0.3, 0.4) is 0 Å². The van der Waals surface area contributed by atoms with Crippen molar-refractivity contribution in [2.45, 2.75) is 13.0 Å². The predicted octanol–water partition coefficient (Wildman–Crippen LogP) is 4.34. The second-order valence-electron chi connectivity index (χ2n) is 4.34. The van der Waals surface area contributed by atoms with Gasteiger partial charge in [0.05, 0.1) is 15.5 Å². The van der Waals surface area contributed by atoms with E-state index in [1.165, 1.54) is 43.3 Å². The van der Waals surface area contributed by atoms with E-state index in [1.54, 1.807) is 0 Å². The third-order valence-corrected chi connectivity index (χ3v) is 3.39. The zero-order valence-corrected chi connectivity index (χ0v) is 12.5. The van der Waals surface area contributed by atoms with Crippen LogP contribution in [0.1, 0.15) is 18.6 Å². The second kappa shape index (κ2) is 6.19. The van der Waals surface area contributed by atoms with Gasteiger partial charge in [0.25, 0.3) is 0 Å². The molecule has 0 fully saturated rings. The average Bonchev–Trinajstić information content (AvgIpc) is 2.43. The van der Waals surface area contributed by atoms with E-state index in [9.17, 15) is 19.6 Å². The molecule has 2 rings (SSSR count). The number of benzene rings is 2. The number of aliphatic hydroxyl groups excluding tert-OH is 1. The van der Waals surface area contributed by atoms with Crippen molar-refractivity contribution in [3.63, 3.8) is 0 Å². The first-order valence-corrected chi connectivity index (χ1v) is 6.77. The minimum atomic E-state index is -0.822. The molecular formula is C14H11BrFNO4. The Hall–Kier alpha value is -1.99. The molecule has 1 N–H and O–H groups in total. The summed E-state index contributed by atoms with van der Waals surface area (Å²) in [6.45, 7) is 1.51. The van der Waals surface area contributed by atoms with Gasteiger partial charge in [0.2, 0.25) is 5.75 Å². The van der Waals surface area contributed by atoms with Crippen molar-refractivity contribution in [3.8, 4) is 11.5 Å². The van der Waals surface area contributed by atoms with Crippen LogP contribution in [0.5, 0.6) is 11.5 Å². The van der Waals surface area contributed by atoms with Crippen LogP contribution in [-0.4, -0.2) is 10.0 Å². The van der Waals surface area contributed by atoms with E-state index in [0.29, 0.717) is 5.56 Å². The standard InChI is InChI=1S/C14H11BrFNO4/c1-8(18)9-2-5-14(13(6-9)17(19)20)21-10-3-4-12(16)11(15)7-10/h2-8,18H,1H3/t8-/m1/s1. The summed E-state index contributed by atoms with van der Waals surface area (Å²) in [5.74, 6) is -0.180. The zero-order chi connectivity index (χ0) is 15.6. The minimum Gasteiger partial charge on any atom is -0.450 e. The van der Waals surface area contributed by atoms with Crippen LogP contribution in [0, 0.1) is 15.9 Å². The molecule has 2 aromatic carbocycles. The van der Waals surface area contributed by atoms with E-state index in [-0.39, 0.29) is 21.7 Å². The highest BCUT2D eigenvalue weighted by Gasteiger charge is 2.18. The number of ether oxygens (including phenoxy) is 1. The summed E-state index contributed by atoms with van der Waals surface area (Å²) < 4.78 is 18.8. The van der Waals surface area contributed by atoms with Crippen molar-refractivity contribution in [2.24, 2.45) is 0 Å². The third kappa shape index (κ3) is 3.56. The van der Waals surface area contributed by atoms with Crippen molar-refractivity contribution >= 4 is 21.6 Å². The number of halogens is 2. The molecule has 0 aliphatic carbocycles. The third-order valence-electron chi connectivity index (χ3n) is 2.78. The Kier molecular flexibility index (Phi) is 4.54. The van der Waals surface area contributed by atoms with Gasteiger partial charge in [-0.15, -0.1) is 0 Å². The summed E-state index contributed by atoms with van der Waals surface area (Å²) in [4.78, 5) is 10.5. The Labute approximate surface area is 128 Å². The van der Waals surface area contributed by atoms with Crippen LogP contribution in [0.4, 0.5) is 10.1 Å². The molecule has 7 heteroatoms. The number of hydrogen-bond donors (Lipinski definition) is 1. The first kappa shape index (κ1) is 15.4. The quantitative estimate of drug-likeness (QED) is 0.653. The molecule has 0 amide bonds. The van der Waals surface area contributed by atoms with Crippen LogP contribution < -0.4 is 4.74 Å². The topological polar surface area (TPSA) is 72.6 Å². The van der Waals surface area contributed by atoms with Gasteiger partial charge in [0.1, 0.15) is 11.6 Å². The molecule has 5 nitrogen and oxygen atoms in total. The Morgan fingerprint density at radius 1 is 1.33 bits per heavy atom. The lowest BCUT2D eigenvalue weighted by molar-refractivity contribution is -0.385. The summed E-state index contributed by atoms with van der Waals surface area (Å²) in [5.41, 5.74) is 0.142. The maximum atomic E-state index is 13.1. The Morgan fingerprint density at radius 2 is 2.05 bits per heavy atom. The fourth-order valence-electron chi connectivity index (χ4n) is 1.69. The number of aliphatic hydroxyl groups is 1. The van der Waals surface area contributed by atoms with Crippen molar-refractivity contribution in [2.75, 3.05) is 0 Å². The predicted molar refractivity (Wildman–Crippen MR) is 77.9 cm³/mol. The van der Waals surface area contributed by atoms with Crippen molar-refractivity contribution < 1.29 is 19.2 Å². The lowest BCUT2D eigenvalue weighted by atomic mass is 10.1. The fraction of sp³-hybridized carbons (Fsp3) is 0.143. The van der Waals surface area contributed by atoms with Crippen LogP contribution >= 0.6 is 15.9 Å².